The van der Waals surface area contributed by atoms with E-state index in [1.165, 1.54) is 77.0 Å². The molecule has 100 heavy (non-hydrogen) atoms. The minimum absolute atomic E-state index is 0. The number of fused-ring (bicyclic) bond motifs is 29. The van der Waals surface area contributed by atoms with Crippen LogP contribution in [0.2, 0.25) is 0 Å². The van der Waals surface area contributed by atoms with E-state index in [1.807, 2.05) is 62.3 Å². The van der Waals surface area contributed by atoms with Crippen LogP contribution < -0.4 is 0 Å². The predicted octanol–water partition coefficient (Wildman–Crippen LogP) is 18.2. The highest BCUT2D eigenvalue weighted by atomic mass is 16.7. The maximum atomic E-state index is 13.2. The van der Waals surface area contributed by atoms with Crippen LogP contribution in [0.25, 0.3) is 0 Å². The molecule has 15 nitrogen and oxygen atoms in total. The van der Waals surface area contributed by atoms with Crippen molar-refractivity contribution in [1.29, 1.82) is 0 Å². The molecular formula is C85H142O15. The number of hydrogen-bond donors (Lipinski definition) is 0. The zero-order valence-electron chi connectivity index (χ0n) is 58.9. The van der Waals surface area contributed by atoms with Gasteiger partial charge in [-0.1, -0.05) is 65.3 Å². The van der Waals surface area contributed by atoms with Crippen molar-refractivity contribution in [2.75, 3.05) is 27.0 Å². The molecule has 0 aromatic rings. The highest BCUT2D eigenvalue weighted by molar-refractivity contribution is 5.78. The summed E-state index contributed by atoms with van der Waals surface area (Å²) in [5.41, 5.74) is -1.25. The van der Waals surface area contributed by atoms with Gasteiger partial charge in [-0.15, -0.1) is 0 Å². The normalized spacial score (nSPS) is 44.2. The lowest BCUT2D eigenvalue weighted by atomic mass is 9.55. The van der Waals surface area contributed by atoms with Crippen LogP contribution in [0.15, 0.2) is 0 Å². The highest BCUT2D eigenvalue weighted by Gasteiger charge is 2.70. The van der Waals surface area contributed by atoms with Crippen molar-refractivity contribution in [1.82, 2.24) is 0 Å². The minimum atomic E-state index is -0.417. The molecule has 0 heterocycles. The number of carbonyl (C=O) groups excluding carboxylic acids is 6. The Bertz CT molecular complexity index is 2820. The molecule has 0 aliphatic heterocycles. The van der Waals surface area contributed by atoms with Crippen LogP contribution >= 0.6 is 0 Å². The van der Waals surface area contributed by atoms with Crippen LogP contribution in [-0.4, -0.2) is 93.3 Å². The summed E-state index contributed by atoms with van der Waals surface area (Å²) in [6.07, 6.45) is 28.1. The Morgan fingerprint density at radius 2 is 0.640 bits per heavy atom. The van der Waals surface area contributed by atoms with E-state index in [4.69, 9.17) is 42.6 Å². The topological polar surface area (TPSA) is 185 Å². The van der Waals surface area contributed by atoms with Crippen molar-refractivity contribution >= 4 is 35.8 Å². The number of esters is 6. The molecule has 27 unspecified atom stereocenters. The van der Waals surface area contributed by atoms with Gasteiger partial charge in [-0.05, 0) is 345 Å². The fourth-order valence-corrected chi connectivity index (χ4v) is 26.6. The second kappa shape index (κ2) is 31.3. The third kappa shape index (κ3) is 14.2. The van der Waals surface area contributed by atoms with Crippen LogP contribution in [0, 0.1) is 176 Å². The van der Waals surface area contributed by atoms with Crippen LogP contribution in [-0.2, 0) is 71.4 Å². The second-order valence-electron chi connectivity index (χ2n) is 36.9. The van der Waals surface area contributed by atoms with Gasteiger partial charge in [-0.3, -0.25) is 28.8 Å². The van der Waals surface area contributed by atoms with Gasteiger partial charge >= 0.3 is 35.8 Å². The third-order valence-corrected chi connectivity index (χ3v) is 31.5. The lowest BCUT2D eigenvalue weighted by Gasteiger charge is -2.53. The first-order valence-electron chi connectivity index (χ1n) is 39.0. The van der Waals surface area contributed by atoms with Gasteiger partial charge in [-0.2, -0.15) is 0 Å². The average Bonchev–Trinajstić information content (AvgIpc) is 1.55. The molecule has 0 aromatic heterocycles. The smallest absolute Gasteiger partial charge is 0.311 e. The molecule has 0 radical (unpaired) electrons. The summed E-state index contributed by atoms with van der Waals surface area (Å²) in [4.78, 5) is 76.9. The van der Waals surface area contributed by atoms with E-state index >= 15 is 0 Å². The van der Waals surface area contributed by atoms with Crippen molar-refractivity contribution in [3.63, 3.8) is 0 Å². The maximum Gasteiger partial charge on any atom is 0.311 e. The molecular weight excluding hydrogens is 1260 g/mol. The lowest BCUT2D eigenvalue weighted by Crippen LogP contribution is -2.49. The van der Waals surface area contributed by atoms with E-state index in [-0.39, 0.29) is 137 Å². The molecule has 0 aromatic carbocycles. The quantitative estimate of drug-likeness (QED) is 0.0347. The number of rotatable bonds is 21. The molecule has 18 aliphatic rings. The Balaban J connectivity index is 0.000000171. The Morgan fingerprint density at radius 3 is 0.970 bits per heavy atom. The van der Waals surface area contributed by atoms with E-state index in [0.29, 0.717) is 125 Å². The van der Waals surface area contributed by atoms with Crippen molar-refractivity contribution in [3.05, 3.63) is 0 Å². The van der Waals surface area contributed by atoms with Crippen molar-refractivity contribution in [2.45, 2.75) is 298 Å². The van der Waals surface area contributed by atoms with Gasteiger partial charge in [0.15, 0.2) is 20.4 Å². The monoisotopic (exact) mass is 1400 g/mol. The van der Waals surface area contributed by atoms with Gasteiger partial charge in [0, 0.05) is 6.61 Å². The summed E-state index contributed by atoms with van der Waals surface area (Å²) in [5, 5.41) is 0. The molecule has 18 rings (SSSR count). The van der Waals surface area contributed by atoms with Gasteiger partial charge in [0.2, 0.25) is 0 Å². The van der Waals surface area contributed by atoms with Gasteiger partial charge in [0.25, 0.3) is 0 Å². The summed E-state index contributed by atoms with van der Waals surface area (Å²) in [6, 6.07) is 0. The molecule has 27 atom stereocenters. The zero-order valence-corrected chi connectivity index (χ0v) is 58.9. The largest absolute Gasteiger partial charge is 0.462 e. The first-order chi connectivity index (χ1) is 45.0. The van der Waals surface area contributed by atoms with Crippen molar-refractivity contribution < 1.29 is 71.4 Å². The van der Waals surface area contributed by atoms with E-state index in [9.17, 15) is 28.8 Å². The molecule has 572 valence electrons. The molecule has 0 spiro atoms. The predicted molar refractivity (Wildman–Crippen MR) is 388 cm³/mol. The average molecular weight is 1400 g/mol. The molecule has 18 bridgehead atoms. The first-order valence-corrected chi connectivity index (χ1v) is 39.0. The maximum absolute atomic E-state index is 13.2. The molecule has 0 saturated heterocycles. The fraction of sp³-hybridized carbons (Fsp3) is 0.929. The Kier molecular flexibility index (Phi) is 25.3. The van der Waals surface area contributed by atoms with Crippen LogP contribution in [0.1, 0.15) is 268 Å². The summed E-state index contributed by atoms with van der Waals surface area (Å²) in [5.74, 6) is 14.9. The number of carbonyl (C=O) groups is 6. The molecule has 0 amide bonds. The summed E-state index contributed by atoms with van der Waals surface area (Å²) < 4.78 is 52.5. The number of ether oxygens (including phenoxy) is 9. The summed E-state index contributed by atoms with van der Waals surface area (Å²) >= 11 is 0. The standard InChI is InChI=1S/C30H44O5.C27H40O5.C22H34O5.6CH4/c1-4-30(2,3)29(32)35-24-13-18-12-23(24)26-21-10-17(25(18)26)11-22(21)28(31)34-14-33-27-19-6-15-5-16(8-19)9-20(27)7-15;1-4-27(2,3)26(29)32-22-12-17-11-20(22)24-18-9-16(23(17)24)10-19(18)25(28)31-13-30-21-8-14-5-6-15(21)7-14;1-5-22(3,4)21(24)27-17-10-13-9-16(17)19-14-7-12(18(13)19)8-15(14)20(23)26-11-25-6-2;;;;;;/h15-27H,4-14H2,1-3H3;14-24H,4-13H2,1-3H3;12-19H,5-11H2,1-4H3;6*1H4. The molecule has 18 aliphatic carbocycles. The van der Waals surface area contributed by atoms with Crippen molar-refractivity contribution in [2.24, 2.45) is 176 Å². The van der Waals surface area contributed by atoms with Crippen molar-refractivity contribution in [3.8, 4) is 0 Å². The summed E-state index contributed by atoms with van der Waals surface area (Å²) in [6.45, 7) is 20.8. The number of hydrogen-bond acceptors (Lipinski definition) is 15. The van der Waals surface area contributed by atoms with Crippen LogP contribution in [0.4, 0.5) is 0 Å². The Morgan fingerprint density at radius 1 is 0.310 bits per heavy atom. The fourth-order valence-electron chi connectivity index (χ4n) is 26.6. The van der Waals surface area contributed by atoms with Gasteiger partial charge < -0.3 is 42.6 Å². The minimum Gasteiger partial charge on any atom is -0.462 e. The van der Waals surface area contributed by atoms with Crippen LogP contribution in [0.5, 0.6) is 0 Å². The third-order valence-electron chi connectivity index (χ3n) is 31.5. The molecule has 18 saturated carbocycles. The second-order valence-corrected chi connectivity index (χ2v) is 36.9. The Hall–Kier alpha value is -3.30. The van der Waals surface area contributed by atoms with Gasteiger partial charge in [0.05, 0.1) is 46.2 Å². The molecule has 0 N–H and O–H groups in total. The molecule has 15 heteroatoms. The SMILES string of the molecule is C.C.C.C.C.C.CCC(C)(C)C(=O)OC1CC2CC1C1C3CC(CC3C(=O)OCOC3C4CC5CC(C4)CC3C5)C21.CCC(C)(C)C(=O)OC1CC2CC1C1C3CC(CC3C(=O)OCOC3CC4CCC3C4)C21.CCOCOC(=O)C1CC2CC1C1C3CC(CC3OC(=O)C(C)(C)CC)C21. The van der Waals surface area contributed by atoms with E-state index in [1.54, 1.807) is 0 Å². The zero-order chi connectivity index (χ0) is 65.6. The van der Waals surface area contributed by atoms with Gasteiger partial charge in [0.1, 0.15) is 18.3 Å². The van der Waals surface area contributed by atoms with Gasteiger partial charge in [-0.25, -0.2) is 0 Å². The Labute approximate surface area is 605 Å². The van der Waals surface area contributed by atoms with E-state index < -0.39 is 16.2 Å². The van der Waals surface area contributed by atoms with Crippen LogP contribution in [0.3, 0.4) is 0 Å². The first kappa shape index (κ1) is 80.8. The highest BCUT2D eigenvalue weighted by Crippen LogP contribution is 2.72. The summed E-state index contributed by atoms with van der Waals surface area (Å²) in [7, 11) is 0. The molecule has 18 fully saturated rings. The van der Waals surface area contributed by atoms with E-state index in [2.05, 4.69) is 6.92 Å². The lowest BCUT2D eigenvalue weighted by molar-refractivity contribution is -0.192. The van der Waals surface area contributed by atoms with E-state index in [0.717, 1.165) is 113 Å².